The van der Waals surface area contributed by atoms with Crippen molar-refractivity contribution in [2.45, 2.75) is 38.6 Å². The molecule has 2 saturated heterocycles. The van der Waals surface area contributed by atoms with Crippen LogP contribution < -0.4 is 4.90 Å². The summed E-state index contributed by atoms with van der Waals surface area (Å²) >= 11 is 0. The molecule has 6 nitrogen and oxygen atoms in total. The molecule has 2 amide bonds. The predicted molar refractivity (Wildman–Crippen MR) is 88.6 cm³/mol. The second-order valence-corrected chi connectivity index (χ2v) is 6.62. The van der Waals surface area contributed by atoms with Gasteiger partial charge in [-0.2, -0.15) is 0 Å². The third kappa shape index (κ3) is 3.13. The molecule has 2 heterocycles. The molecule has 128 valence electrons. The Bertz CT molecular complexity index is 655. The van der Waals surface area contributed by atoms with Gasteiger partial charge in [-0.1, -0.05) is 17.7 Å². The fourth-order valence-corrected chi connectivity index (χ4v) is 3.53. The van der Waals surface area contributed by atoms with Crippen LogP contribution in [0.25, 0.3) is 0 Å². The fraction of sp³-hybridized carbons (Fsp3) is 0.500. The average Bonchev–Trinajstić information content (AvgIpc) is 2.96. The summed E-state index contributed by atoms with van der Waals surface area (Å²) in [7, 11) is 0. The highest BCUT2D eigenvalue weighted by Crippen LogP contribution is 2.28. The van der Waals surface area contributed by atoms with Crippen molar-refractivity contribution < 1.29 is 19.5 Å². The summed E-state index contributed by atoms with van der Waals surface area (Å²) in [5.74, 6) is -1.70. The van der Waals surface area contributed by atoms with Crippen LogP contribution in [-0.2, 0) is 14.4 Å². The molecule has 0 aromatic heterocycles. The number of hydrogen-bond donors (Lipinski definition) is 1. The van der Waals surface area contributed by atoms with Gasteiger partial charge in [0.25, 0.3) is 0 Å². The molecule has 2 aliphatic rings. The number of aliphatic carboxylic acids is 1. The summed E-state index contributed by atoms with van der Waals surface area (Å²) in [6.07, 6.45) is 2.27. The number of carbonyl (C=O) groups is 3. The van der Waals surface area contributed by atoms with E-state index in [4.69, 9.17) is 0 Å². The maximum atomic E-state index is 12.8. The highest BCUT2D eigenvalue weighted by molar-refractivity contribution is 6.00. The lowest BCUT2D eigenvalue weighted by molar-refractivity contribution is -0.153. The van der Waals surface area contributed by atoms with Crippen molar-refractivity contribution in [2.24, 2.45) is 5.92 Å². The zero-order valence-electron chi connectivity index (χ0n) is 13.8. The second-order valence-electron chi connectivity index (χ2n) is 6.62. The van der Waals surface area contributed by atoms with E-state index in [2.05, 4.69) is 0 Å². The minimum atomic E-state index is -0.956. The molecule has 0 saturated carbocycles. The molecular formula is C18H22N2O4. The first-order chi connectivity index (χ1) is 11.5. The number of rotatable bonds is 3. The van der Waals surface area contributed by atoms with Crippen molar-refractivity contribution in [1.82, 2.24) is 4.90 Å². The van der Waals surface area contributed by atoms with Gasteiger partial charge >= 0.3 is 5.97 Å². The molecule has 1 aromatic carbocycles. The van der Waals surface area contributed by atoms with Gasteiger partial charge < -0.3 is 14.9 Å². The molecular weight excluding hydrogens is 308 g/mol. The smallest absolute Gasteiger partial charge is 0.326 e. The summed E-state index contributed by atoms with van der Waals surface area (Å²) in [6.45, 7) is 2.76. The molecule has 2 fully saturated rings. The van der Waals surface area contributed by atoms with Crippen molar-refractivity contribution in [1.29, 1.82) is 0 Å². The van der Waals surface area contributed by atoms with E-state index in [1.165, 1.54) is 4.90 Å². The Balaban J connectivity index is 1.73. The van der Waals surface area contributed by atoms with Gasteiger partial charge in [-0.05, 0) is 38.3 Å². The van der Waals surface area contributed by atoms with Gasteiger partial charge in [0.05, 0.1) is 5.92 Å². The van der Waals surface area contributed by atoms with Crippen LogP contribution in [0.5, 0.6) is 0 Å². The molecule has 2 aliphatic heterocycles. The van der Waals surface area contributed by atoms with E-state index in [1.54, 1.807) is 4.90 Å². The monoisotopic (exact) mass is 330 g/mol. The number of carboxylic acids is 1. The summed E-state index contributed by atoms with van der Waals surface area (Å²) in [5.41, 5.74) is 1.89. The van der Waals surface area contributed by atoms with Gasteiger partial charge in [-0.25, -0.2) is 4.79 Å². The zero-order chi connectivity index (χ0) is 17.3. The van der Waals surface area contributed by atoms with Gasteiger partial charge in [0.15, 0.2) is 0 Å². The number of anilines is 1. The van der Waals surface area contributed by atoms with Crippen molar-refractivity contribution in [3.8, 4) is 0 Å². The number of hydrogen-bond acceptors (Lipinski definition) is 3. The summed E-state index contributed by atoms with van der Waals surface area (Å²) in [6, 6.07) is 6.86. The van der Waals surface area contributed by atoms with E-state index in [0.29, 0.717) is 19.5 Å². The highest BCUT2D eigenvalue weighted by atomic mass is 16.4. The van der Waals surface area contributed by atoms with Crippen LogP contribution >= 0.6 is 0 Å². The number of likely N-dealkylation sites (tertiary alicyclic amines) is 1. The van der Waals surface area contributed by atoms with Crippen molar-refractivity contribution in [3.05, 3.63) is 29.8 Å². The normalized spacial score (nSPS) is 24.3. The molecule has 0 radical (unpaired) electrons. The van der Waals surface area contributed by atoms with Crippen LogP contribution in [0.15, 0.2) is 24.3 Å². The summed E-state index contributed by atoms with van der Waals surface area (Å²) in [5, 5.41) is 9.34. The first kappa shape index (κ1) is 16.5. The Labute approximate surface area is 141 Å². The SMILES string of the molecule is Cc1ccc(N2CC(C(=O)N3CCCC[C@@H]3C(=O)O)CC2=O)cc1. The Kier molecular flexibility index (Phi) is 4.55. The first-order valence-electron chi connectivity index (χ1n) is 8.37. The number of benzene rings is 1. The molecule has 0 spiro atoms. The molecule has 2 atom stereocenters. The number of carboxylic acid groups (broad SMARTS) is 1. The van der Waals surface area contributed by atoms with Crippen molar-refractivity contribution >= 4 is 23.5 Å². The molecule has 3 rings (SSSR count). The van der Waals surface area contributed by atoms with E-state index in [9.17, 15) is 19.5 Å². The first-order valence-corrected chi connectivity index (χ1v) is 8.37. The van der Waals surface area contributed by atoms with Crippen LogP contribution in [0.4, 0.5) is 5.69 Å². The molecule has 1 unspecified atom stereocenters. The number of nitrogens with zero attached hydrogens (tertiary/aromatic N) is 2. The summed E-state index contributed by atoms with van der Waals surface area (Å²) in [4.78, 5) is 39.6. The van der Waals surface area contributed by atoms with E-state index in [0.717, 1.165) is 24.1 Å². The average molecular weight is 330 g/mol. The number of piperidine rings is 1. The van der Waals surface area contributed by atoms with Crippen molar-refractivity contribution in [3.63, 3.8) is 0 Å². The highest BCUT2D eigenvalue weighted by Gasteiger charge is 2.41. The lowest BCUT2D eigenvalue weighted by Gasteiger charge is -2.34. The van der Waals surface area contributed by atoms with Crippen LogP contribution in [-0.4, -0.2) is 46.9 Å². The van der Waals surface area contributed by atoms with E-state index in [-0.39, 0.29) is 18.2 Å². The van der Waals surface area contributed by atoms with Gasteiger partial charge in [0.2, 0.25) is 11.8 Å². The second kappa shape index (κ2) is 6.63. The largest absolute Gasteiger partial charge is 0.480 e. The Morgan fingerprint density at radius 3 is 2.54 bits per heavy atom. The molecule has 0 bridgehead atoms. The van der Waals surface area contributed by atoms with Gasteiger partial charge in [-0.3, -0.25) is 9.59 Å². The summed E-state index contributed by atoms with van der Waals surface area (Å²) < 4.78 is 0. The molecule has 6 heteroatoms. The van der Waals surface area contributed by atoms with Crippen LogP contribution in [0.2, 0.25) is 0 Å². The van der Waals surface area contributed by atoms with Gasteiger partial charge in [0.1, 0.15) is 6.04 Å². The number of aryl methyl sites for hydroxylation is 1. The predicted octanol–water partition coefficient (Wildman–Crippen LogP) is 1.81. The zero-order valence-corrected chi connectivity index (χ0v) is 13.8. The van der Waals surface area contributed by atoms with Gasteiger partial charge in [-0.15, -0.1) is 0 Å². The van der Waals surface area contributed by atoms with Crippen LogP contribution in [0.3, 0.4) is 0 Å². The standard InChI is InChI=1S/C18H22N2O4/c1-12-5-7-14(8-6-12)20-11-13(10-16(20)21)17(22)19-9-3-2-4-15(19)18(23)24/h5-8,13,15H,2-4,9-11H2,1H3,(H,23,24)/t13?,15-/m1/s1. The lowest BCUT2D eigenvalue weighted by Crippen LogP contribution is -2.50. The topological polar surface area (TPSA) is 77.9 Å². The van der Waals surface area contributed by atoms with E-state index in [1.807, 2.05) is 31.2 Å². The fourth-order valence-electron chi connectivity index (χ4n) is 3.53. The number of amides is 2. The third-order valence-electron chi connectivity index (χ3n) is 4.89. The third-order valence-corrected chi connectivity index (χ3v) is 4.89. The Morgan fingerprint density at radius 2 is 1.88 bits per heavy atom. The van der Waals surface area contributed by atoms with E-state index < -0.39 is 17.9 Å². The minimum absolute atomic E-state index is 0.0823. The van der Waals surface area contributed by atoms with E-state index >= 15 is 0 Å². The molecule has 24 heavy (non-hydrogen) atoms. The van der Waals surface area contributed by atoms with Crippen molar-refractivity contribution in [2.75, 3.05) is 18.0 Å². The van der Waals surface area contributed by atoms with Crippen LogP contribution in [0, 0.1) is 12.8 Å². The molecule has 1 aromatic rings. The number of carbonyl (C=O) groups excluding carboxylic acids is 2. The Hall–Kier alpha value is -2.37. The Morgan fingerprint density at radius 1 is 1.17 bits per heavy atom. The molecule has 1 N–H and O–H groups in total. The van der Waals surface area contributed by atoms with Crippen LogP contribution in [0.1, 0.15) is 31.2 Å². The lowest BCUT2D eigenvalue weighted by atomic mass is 9.98. The maximum Gasteiger partial charge on any atom is 0.326 e. The maximum absolute atomic E-state index is 12.8. The minimum Gasteiger partial charge on any atom is -0.480 e. The quantitative estimate of drug-likeness (QED) is 0.917. The molecule has 0 aliphatic carbocycles. The van der Waals surface area contributed by atoms with Gasteiger partial charge in [0, 0.05) is 25.2 Å².